The molecule has 0 spiro atoms. The van der Waals surface area contributed by atoms with Gasteiger partial charge in [0, 0.05) is 11.9 Å². The van der Waals surface area contributed by atoms with Crippen LogP contribution in [0.25, 0.3) is 0 Å². The summed E-state index contributed by atoms with van der Waals surface area (Å²) < 4.78 is 0. The van der Waals surface area contributed by atoms with Gasteiger partial charge in [-0.05, 0) is 6.92 Å². The lowest BCUT2D eigenvalue weighted by Gasteiger charge is -2.06. The highest BCUT2D eigenvalue weighted by Crippen LogP contribution is 2.09. The topological polar surface area (TPSA) is 37.8 Å². The minimum absolute atomic E-state index is 0.259. The van der Waals surface area contributed by atoms with Crippen molar-refractivity contribution in [3.8, 4) is 0 Å². The molecule has 3 nitrogen and oxygen atoms in total. The first kappa shape index (κ1) is 7.75. The van der Waals surface area contributed by atoms with Gasteiger partial charge in [0.25, 0.3) is 0 Å². The lowest BCUT2D eigenvalue weighted by Crippen LogP contribution is -2.16. The lowest BCUT2D eigenvalue weighted by atomic mass is 10.4. The number of hydrogen-bond donors (Lipinski definition) is 1. The number of alkyl halides is 1. The van der Waals surface area contributed by atoms with Crippen LogP contribution >= 0.6 is 22.9 Å². The van der Waals surface area contributed by atoms with Crippen LogP contribution in [0.15, 0.2) is 5.51 Å². The van der Waals surface area contributed by atoms with Gasteiger partial charge in [0.05, 0.1) is 0 Å². The number of hydrogen-bond acceptors (Lipinski definition) is 4. The fourth-order valence-electron chi connectivity index (χ4n) is 0.485. The number of nitrogens with one attached hydrogen (secondary N) is 1. The zero-order chi connectivity index (χ0) is 7.40. The predicted octanol–water partition coefficient (Wildman–Crippen LogP) is 1.58. The molecule has 1 aromatic heterocycles. The molecule has 5 heteroatoms. The van der Waals surface area contributed by atoms with Gasteiger partial charge in [0.2, 0.25) is 5.13 Å². The summed E-state index contributed by atoms with van der Waals surface area (Å²) in [6, 6.07) is 0.259. The lowest BCUT2D eigenvalue weighted by molar-refractivity contribution is 0.895. The van der Waals surface area contributed by atoms with Crippen molar-refractivity contribution in [2.45, 2.75) is 13.0 Å². The van der Waals surface area contributed by atoms with Crippen LogP contribution in [0.1, 0.15) is 6.92 Å². The molecule has 10 heavy (non-hydrogen) atoms. The average Bonchev–Trinajstić information content (AvgIpc) is 2.40. The van der Waals surface area contributed by atoms with Gasteiger partial charge >= 0.3 is 0 Å². The Morgan fingerprint density at radius 3 is 3.20 bits per heavy atom. The summed E-state index contributed by atoms with van der Waals surface area (Å²) in [6.45, 7) is 1.99. The van der Waals surface area contributed by atoms with E-state index in [0.717, 1.165) is 5.13 Å². The molecule has 0 aliphatic heterocycles. The van der Waals surface area contributed by atoms with E-state index in [1.807, 2.05) is 6.92 Å². The molecule has 0 bridgehead atoms. The summed E-state index contributed by atoms with van der Waals surface area (Å²) in [5, 5.41) is 11.4. The van der Waals surface area contributed by atoms with Crippen LogP contribution in [-0.2, 0) is 0 Å². The Morgan fingerprint density at radius 1 is 1.90 bits per heavy atom. The van der Waals surface area contributed by atoms with Gasteiger partial charge in [-0.2, -0.15) is 0 Å². The predicted molar refractivity (Wildman–Crippen MR) is 43.7 cm³/mol. The molecule has 1 unspecified atom stereocenters. The average molecular weight is 178 g/mol. The second-order valence-electron chi connectivity index (χ2n) is 1.94. The maximum atomic E-state index is 5.56. The number of anilines is 1. The second kappa shape index (κ2) is 3.73. The van der Waals surface area contributed by atoms with E-state index >= 15 is 0 Å². The normalized spacial score (nSPS) is 13.0. The van der Waals surface area contributed by atoms with Gasteiger partial charge in [-0.1, -0.05) is 11.3 Å². The summed E-state index contributed by atoms with van der Waals surface area (Å²) in [4.78, 5) is 0. The first-order valence-corrected chi connectivity index (χ1v) is 4.33. The summed E-state index contributed by atoms with van der Waals surface area (Å²) in [7, 11) is 0. The van der Waals surface area contributed by atoms with Crippen LogP contribution in [0.5, 0.6) is 0 Å². The first-order valence-electron chi connectivity index (χ1n) is 2.91. The van der Waals surface area contributed by atoms with Crippen molar-refractivity contribution in [2.24, 2.45) is 0 Å². The molecule has 0 radical (unpaired) electrons. The molecule has 0 amide bonds. The van der Waals surface area contributed by atoms with Crippen LogP contribution in [-0.4, -0.2) is 22.1 Å². The Balaban J connectivity index is 2.40. The largest absolute Gasteiger partial charge is 0.356 e. The van der Waals surface area contributed by atoms with Gasteiger partial charge in [0.1, 0.15) is 5.51 Å². The fourth-order valence-corrected chi connectivity index (χ4v) is 1.12. The van der Waals surface area contributed by atoms with E-state index in [9.17, 15) is 0 Å². The third kappa shape index (κ3) is 2.11. The molecule has 56 valence electrons. The maximum absolute atomic E-state index is 5.56. The highest BCUT2D eigenvalue weighted by atomic mass is 35.5. The fraction of sp³-hybridized carbons (Fsp3) is 0.600. The third-order valence-corrected chi connectivity index (χ3v) is 2.05. The van der Waals surface area contributed by atoms with Crippen molar-refractivity contribution < 1.29 is 0 Å². The van der Waals surface area contributed by atoms with E-state index in [4.69, 9.17) is 11.6 Å². The molecule has 0 saturated heterocycles. The molecule has 0 aliphatic rings. The second-order valence-corrected chi connectivity index (χ2v) is 3.09. The molecular formula is C5H8ClN3S. The third-order valence-electron chi connectivity index (χ3n) is 0.961. The number of halogens is 1. The van der Waals surface area contributed by atoms with E-state index in [2.05, 4.69) is 15.5 Å². The molecule has 1 N–H and O–H groups in total. The molecule has 1 aromatic rings. The van der Waals surface area contributed by atoms with Crippen LogP contribution < -0.4 is 5.32 Å². The molecule has 0 saturated carbocycles. The summed E-state index contributed by atoms with van der Waals surface area (Å²) >= 11 is 7.04. The standard InChI is InChI=1S/C5H8ClN3S/c1-4(2-6)8-5-9-7-3-10-5/h3-4H,2H2,1H3,(H,8,9). The van der Waals surface area contributed by atoms with Crippen molar-refractivity contribution >= 4 is 28.1 Å². The van der Waals surface area contributed by atoms with Crippen LogP contribution in [0.2, 0.25) is 0 Å². The summed E-state index contributed by atoms with van der Waals surface area (Å²) in [6.07, 6.45) is 0. The minimum Gasteiger partial charge on any atom is -0.356 e. The van der Waals surface area contributed by atoms with E-state index in [1.54, 1.807) is 5.51 Å². The number of aromatic nitrogens is 2. The Labute approximate surface area is 68.4 Å². The number of nitrogens with zero attached hydrogens (tertiary/aromatic N) is 2. The van der Waals surface area contributed by atoms with Crippen molar-refractivity contribution in [2.75, 3.05) is 11.2 Å². The Hall–Kier alpha value is -0.350. The van der Waals surface area contributed by atoms with Gasteiger partial charge in [-0.25, -0.2) is 0 Å². The Bertz CT molecular complexity index is 177. The van der Waals surface area contributed by atoms with Gasteiger partial charge in [0.15, 0.2) is 0 Å². The molecule has 1 atom stereocenters. The molecule has 1 heterocycles. The summed E-state index contributed by atoms with van der Waals surface area (Å²) in [5.74, 6) is 0.583. The molecule has 0 fully saturated rings. The van der Waals surface area contributed by atoms with Crippen LogP contribution in [0.3, 0.4) is 0 Å². The quantitative estimate of drug-likeness (QED) is 0.713. The van der Waals surface area contributed by atoms with Crippen molar-refractivity contribution in [1.82, 2.24) is 10.2 Å². The minimum atomic E-state index is 0.259. The highest BCUT2D eigenvalue weighted by molar-refractivity contribution is 7.13. The van der Waals surface area contributed by atoms with Gasteiger partial charge in [-0.3, -0.25) is 0 Å². The van der Waals surface area contributed by atoms with Crippen molar-refractivity contribution in [3.63, 3.8) is 0 Å². The molecule has 0 aliphatic carbocycles. The van der Waals surface area contributed by atoms with Crippen LogP contribution in [0.4, 0.5) is 5.13 Å². The molecular weight excluding hydrogens is 170 g/mol. The molecule has 1 rings (SSSR count). The Kier molecular flexibility index (Phi) is 2.89. The van der Waals surface area contributed by atoms with E-state index in [0.29, 0.717) is 5.88 Å². The Morgan fingerprint density at radius 2 is 2.70 bits per heavy atom. The highest BCUT2D eigenvalue weighted by Gasteiger charge is 2.00. The summed E-state index contributed by atoms with van der Waals surface area (Å²) in [5.41, 5.74) is 1.68. The zero-order valence-corrected chi connectivity index (χ0v) is 7.11. The number of rotatable bonds is 3. The maximum Gasteiger partial charge on any atom is 0.205 e. The SMILES string of the molecule is CC(CCl)Nc1nncs1. The van der Waals surface area contributed by atoms with Crippen LogP contribution in [0, 0.1) is 0 Å². The first-order chi connectivity index (χ1) is 4.83. The molecule has 0 aromatic carbocycles. The van der Waals surface area contributed by atoms with Crippen molar-refractivity contribution in [3.05, 3.63) is 5.51 Å². The van der Waals surface area contributed by atoms with Gasteiger partial charge in [-0.15, -0.1) is 21.8 Å². The van der Waals surface area contributed by atoms with Crippen molar-refractivity contribution in [1.29, 1.82) is 0 Å². The van der Waals surface area contributed by atoms with Gasteiger partial charge < -0.3 is 5.32 Å². The zero-order valence-electron chi connectivity index (χ0n) is 5.54. The monoisotopic (exact) mass is 177 g/mol. The van der Waals surface area contributed by atoms with E-state index < -0.39 is 0 Å². The van der Waals surface area contributed by atoms with E-state index in [1.165, 1.54) is 11.3 Å². The van der Waals surface area contributed by atoms with E-state index in [-0.39, 0.29) is 6.04 Å². The smallest absolute Gasteiger partial charge is 0.205 e.